The number of rotatable bonds is 2. The van der Waals surface area contributed by atoms with Gasteiger partial charge in [0.25, 0.3) is 0 Å². The highest BCUT2D eigenvalue weighted by atomic mass is 16.5. The Hall–Kier alpha value is -1.61. The fourth-order valence-corrected chi connectivity index (χ4v) is 1.97. The highest BCUT2D eigenvalue weighted by Gasteiger charge is 2.08. The van der Waals surface area contributed by atoms with E-state index in [2.05, 4.69) is 24.0 Å². The molecule has 2 aromatic rings. The summed E-state index contributed by atoms with van der Waals surface area (Å²) in [7, 11) is 1.68. The van der Waals surface area contributed by atoms with Crippen molar-refractivity contribution in [1.82, 2.24) is 4.98 Å². The molecule has 0 aliphatic carbocycles. The number of nitrogens with zero attached hydrogens (tertiary/aromatic N) is 1. The van der Waals surface area contributed by atoms with Crippen molar-refractivity contribution in [2.45, 2.75) is 20.4 Å². The van der Waals surface area contributed by atoms with Crippen molar-refractivity contribution in [2.24, 2.45) is 5.73 Å². The van der Waals surface area contributed by atoms with E-state index in [9.17, 15) is 0 Å². The third-order valence-electron chi connectivity index (χ3n) is 2.67. The summed E-state index contributed by atoms with van der Waals surface area (Å²) in [5.74, 6) is 0.862. The normalized spacial score (nSPS) is 10.8. The van der Waals surface area contributed by atoms with E-state index < -0.39 is 0 Å². The second-order valence-corrected chi connectivity index (χ2v) is 3.99. The molecule has 1 aromatic heterocycles. The zero-order chi connectivity index (χ0) is 11.7. The van der Waals surface area contributed by atoms with Gasteiger partial charge in [0.1, 0.15) is 5.75 Å². The molecule has 2 N–H and O–H groups in total. The van der Waals surface area contributed by atoms with Crippen LogP contribution in [0.25, 0.3) is 10.9 Å². The molecular weight excluding hydrogens is 200 g/mol. The summed E-state index contributed by atoms with van der Waals surface area (Å²) < 4.78 is 5.38. The first-order chi connectivity index (χ1) is 7.65. The van der Waals surface area contributed by atoms with Gasteiger partial charge in [0.05, 0.1) is 12.6 Å². The molecule has 16 heavy (non-hydrogen) atoms. The van der Waals surface area contributed by atoms with Gasteiger partial charge in [-0.2, -0.15) is 0 Å². The van der Waals surface area contributed by atoms with Gasteiger partial charge in [0.2, 0.25) is 0 Å². The zero-order valence-corrected chi connectivity index (χ0v) is 9.87. The van der Waals surface area contributed by atoms with Crippen molar-refractivity contribution >= 4 is 10.9 Å². The third-order valence-corrected chi connectivity index (χ3v) is 2.67. The molecule has 3 nitrogen and oxygen atoms in total. The van der Waals surface area contributed by atoms with Crippen LogP contribution in [-0.2, 0) is 6.54 Å². The van der Waals surface area contributed by atoms with E-state index in [1.807, 2.05) is 13.0 Å². The van der Waals surface area contributed by atoms with Crippen LogP contribution in [0.3, 0.4) is 0 Å². The van der Waals surface area contributed by atoms with E-state index in [-0.39, 0.29) is 0 Å². The van der Waals surface area contributed by atoms with Gasteiger partial charge in [-0.25, -0.2) is 0 Å². The van der Waals surface area contributed by atoms with Crippen LogP contribution in [0.15, 0.2) is 18.2 Å². The molecule has 0 aliphatic rings. The van der Waals surface area contributed by atoms with Crippen LogP contribution in [-0.4, -0.2) is 12.1 Å². The van der Waals surface area contributed by atoms with Gasteiger partial charge >= 0.3 is 0 Å². The van der Waals surface area contributed by atoms with Crippen LogP contribution in [0.5, 0.6) is 5.75 Å². The number of nitrogens with two attached hydrogens (primary N) is 1. The SMILES string of the molecule is COc1cc(C)nc2c(CN)cc(C)cc12. The van der Waals surface area contributed by atoms with E-state index in [4.69, 9.17) is 10.5 Å². The average molecular weight is 216 g/mol. The maximum atomic E-state index is 5.75. The summed E-state index contributed by atoms with van der Waals surface area (Å²) in [5.41, 5.74) is 9.89. The predicted octanol–water partition coefficient (Wildman–Crippen LogP) is 2.32. The molecule has 0 saturated carbocycles. The first kappa shape index (κ1) is 10.9. The summed E-state index contributed by atoms with van der Waals surface area (Å²) >= 11 is 0. The molecule has 1 heterocycles. The first-order valence-corrected chi connectivity index (χ1v) is 5.30. The van der Waals surface area contributed by atoms with E-state index >= 15 is 0 Å². The predicted molar refractivity (Wildman–Crippen MR) is 65.7 cm³/mol. The van der Waals surface area contributed by atoms with Crippen LogP contribution in [0.2, 0.25) is 0 Å². The molecule has 84 valence electrons. The minimum atomic E-state index is 0.498. The maximum absolute atomic E-state index is 5.75. The number of benzene rings is 1. The minimum absolute atomic E-state index is 0.498. The minimum Gasteiger partial charge on any atom is -0.496 e. The Morgan fingerprint density at radius 2 is 2.00 bits per heavy atom. The van der Waals surface area contributed by atoms with Crippen LogP contribution in [0.1, 0.15) is 16.8 Å². The Bertz CT molecular complexity index is 486. The highest BCUT2D eigenvalue weighted by molar-refractivity contribution is 5.88. The zero-order valence-electron chi connectivity index (χ0n) is 9.87. The monoisotopic (exact) mass is 216 g/mol. The lowest BCUT2D eigenvalue weighted by atomic mass is 10.0. The molecule has 0 aliphatic heterocycles. The topological polar surface area (TPSA) is 48.1 Å². The van der Waals surface area contributed by atoms with Crippen molar-refractivity contribution < 1.29 is 4.74 Å². The second-order valence-electron chi connectivity index (χ2n) is 3.99. The molecule has 0 atom stereocenters. The third kappa shape index (κ3) is 1.74. The highest BCUT2D eigenvalue weighted by Crippen LogP contribution is 2.28. The first-order valence-electron chi connectivity index (χ1n) is 5.30. The van der Waals surface area contributed by atoms with Gasteiger partial charge in [0, 0.05) is 23.7 Å². The van der Waals surface area contributed by atoms with Gasteiger partial charge in [0.15, 0.2) is 0 Å². The number of fused-ring (bicyclic) bond motifs is 1. The summed E-state index contributed by atoms with van der Waals surface area (Å²) in [6, 6.07) is 6.11. The van der Waals surface area contributed by atoms with Crippen LogP contribution in [0, 0.1) is 13.8 Å². The van der Waals surface area contributed by atoms with Gasteiger partial charge in [-0.05, 0) is 31.0 Å². The summed E-state index contributed by atoms with van der Waals surface area (Å²) in [6.45, 7) is 4.51. The van der Waals surface area contributed by atoms with E-state index in [1.165, 1.54) is 5.56 Å². The van der Waals surface area contributed by atoms with E-state index in [0.29, 0.717) is 6.54 Å². The fraction of sp³-hybridized carbons (Fsp3) is 0.308. The molecule has 0 spiro atoms. The largest absolute Gasteiger partial charge is 0.496 e. The van der Waals surface area contributed by atoms with Crippen molar-refractivity contribution in [3.05, 3.63) is 35.0 Å². The molecule has 0 fully saturated rings. The molecule has 0 saturated heterocycles. The number of hydrogen-bond donors (Lipinski definition) is 1. The van der Waals surface area contributed by atoms with Crippen LogP contribution < -0.4 is 10.5 Å². The van der Waals surface area contributed by atoms with Crippen LogP contribution in [0.4, 0.5) is 0 Å². The average Bonchev–Trinajstić information content (AvgIpc) is 2.27. The lowest BCUT2D eigenvalue weighted by Gasteiger charge is -2.10. The molecule has 0 bridgehead atoms. The maximum Gasteiger partial charge on any atom is 0.130 e. The van der Waals surface area contributed by atoms with Crippen molar-refractivity contribution in [3.63, 3.8) is 0 Å². The van der Waals surface area contributed by atoms with Gasteiger partial charge < -0.3 is 10.5 Å². The summed E-state index contributed by atoms with van der Waals surface area (Å²) in [5, 5.41) is 1.04. The van der Waals surface area contributed by atoms with E-state index in [1.54, 1.807) is 7.11 Å². The molecular formula is C13H16N2O. The number of methoxy groups -OCH3 is 1. The lowest BCUT2D eigenvalue weighted by molar-refractivity contribution is 0.419. The number of hydrogen-bond acceptors (Lipinski definition) is 3. The Morgan fingerprint density at radius 3 is 2.62 bits per heavy atom. The Balaban J connectivity index is 2.87. The van der Waals surface area contributed by atoms with Crippen LogP contribution >= 0.6 is 0 Å². The molecule has 2 rings (SSSR count). The van der Waals surface area contributed by atoms with Gasteiger partial charge in [-0.1, -0.05) is 6.07 Å². The Labute approximate surface area is 95.2 Å². The Kier molecular flexibility index (Phi) is 2.79. The van der Waals surface area contributed by atoms with Gasteiger partial charge in [-0.15, -0.1) is 0 Å². The quantitative estimate of drug-likeness (QED) is 0.838. The summed E-state index contributed by atoms with van der Waals surface area (Å²) in [6.07, 6.45) is 0. The molecule has 3 heteroatoms. The van der Waals surface area contributed by atoms with Gasteiger partial charge in [-0.3, -0.25) is 4.98 Å². The van der Waals surface area contributed by atoms with E-state index in [0.717, 1.165) is 27.9 Å². The molecule has 0 radical (unpaired) electrons. The smallest absolute Gasteiger partial charge is 0.130 e. The number of pyridine rings is 1. The fourth-order valence-electron chi connectivity index (χ4n) is 1.97. The lowest BCUT2D eigenvalue weighted by Crippen LogP contribution is -2.01. The van der Waals surface area contributed by atoms with Crippen molar-refractivity contribution in [1.29, 1.82) is 0 Å². The number of aromatic nitrogens is 1. The second kappa shape index (κ2) is 4.10. The molecule has 0 amide bonds. The Morgan fingerprint density at radius 1 is 1.25 bits per heavy atom. The standard InChI is InChI=1S/C13H16N2O/c1-8-4-10(7-14)13-11(5-8)12(16-3)6-9(2)15-13/h4-6H,7,14H2,1-3H3. The van der Waals surface area contributed by atoms with Crippen molar-refractivity contribution in [3.8, 4) is 5.75 Å². The van der Waals surface area contributed by atoms with Crippen molar-refractivity contribution in [2.75, 3.05) is 7.11 Å². The molecule has 0 unspecified atom stereocenters. The molecule has 1 aromatic carbocycles. The number of aryl methyl sites for hydroxylation is 2. The number of ether oxygens (including phenoxy) is 1. The summed E-state index contributed by atoms with van der Waals surface area (Å²) in [4.78, 5) is 4.54.